The first kappa shape index (κ1) is 15.9. The van der Waals surface area contributed by atoms with Crippen LogP contribution in [0.4, 0.5) is 11.8 Å². The zero-order valence-electron chi connectivity index (χ0n) is 13.5. The molecule has 0 bridgehead atoms. The summed E-state index contributed by atoms with van der Waals surface area (Å²) in [5.74, 6) is 1.26. The number of amides is 2. The first-order valence-corrected chi connectivity index (χ1v) is 7.61. The lowest BCUT2D eigenvalue weighted by molar-refractivity contribution is -0.130. The van der Waals surface area contributed by atoms with Gasteiger partial charge in [-0.25, -0.2) is 9.97 Å². The van der Waals surface area contributed by atoms with Crippen LogP contribution in [0.3, 0.4) is 0 Å². The second-order valence-corrected chi connectivity index (χ2v) is 5.51. The first-order chi connectivity index (χ1) is 11.5. The molecule has 0 spiro atoms. The van der Waals surface area contributed by atoms with E-state index in [0.29, 0.717) is 43.5 Å². The molecule has 1 aliphatic heterocycles. The van der Waals surface area contributed by atoms with Gasteiger partial charge >= 0.3 is 0 Å². The minimum absolute atomic E-state index is 0.0264. The number of piperazine rings is 1. The highest BCUT2D eigenvalue weighted by Crippen LogP contribution is 2.13. The largest absolute Gasteiger partial charge is 0.360 e. The summed E-state index contributed by atoms with van der Waals surface area (Å²) >= 11 is 0. The van der Waals surface area contributed by atoms with Gasteiger partial charge in [-0.1, -0.05) is 5.16 Å². The van der Waals surface area contributed by atoms with Gasteiger partial charge in [0.05, 0.1) is 0 Å². The van der Waals surface area contributed by atoms with Crippen molar-refractivity contribution in [1.82, 2.24) is 24.9 Å². The highest BCUT2D eigenvalue weighted by molar-refractivity contribution is 5.92. The minimum Gasteiger partial charge on any atom is -0.360 e. The van der Waals surface area contributed by atoms with E-state index in [-0.39, 0.29) is 17.8 Å². The lowest BCUT2D eigenvalue weighted by atomic mass is 10.2. The summed E-state index contributed by atoms with van der Waals surface area (Å²) in [7, 11) is 0. The molecule has 2 aromatic rings. The van der Waals surface area contributed by atoms with Gasteiger partial charge in [0.15, 0.2) is 5.82 Å². The highest BCUT2D eigenvalue weighted by Gasteiger charge is 2.24. The maximum atomic E-state index is 12.6. The molecule has 0 atom stereocenters. The van der Waals surface area contributed by atoms with Gasteiger partial charge in [-0.2, -0.15) is 0 Å². The van der Waals surface area contributed by atoms with E-state index in [9.17, 15) is 9.59 Å². The monoisotopic (exact) mass is 330 g/mol. The molecule has 9 nitrogen and oxygen atoms in total. The Balaban J connectivity index is 1.67. The Morgan fingerprint density at radius 2 is 1.92 bits per heavy atom. The number of hydrogen-bond donors (Lipinski definition) is 1. The van der Waals surface area contributed by atoms with Gasteiger partial charge in [0.1, 0.15) is 11.5 Å². The fourth-order valence-corrected chi connectivity index (χ4v) is 2.46. The molecule has 126 valence electrons. The summed E-state index contributed by atoms with van der Waals surface area (Å²) in [6.45, 7) is 5.37. The molecule has 1 saturated heterocycles. The fraction of sp³-hybridized carbons (Fsp3) is 0.400. The summed E-state index contributed by atoms with van der Waals surface area (Å²) in [6.07, 6.45) is 1.52. The van der Waals surface area contributed by atoms with Crippen LogP contribution in [-0.2, 0) is 4.79 Å². The molecular weight excluding hydrogens is 312 g/mol. The Hall–Kier alpha value is -2.97. The normalized spacial score (nSPS) is 14.6. The van der Waals surface area contributed by atoms with E-state index in [2.05, 4.69) is 20.4 Å². The molecular formula is C15H18N6O3. The number of nitrogens with zero attached hydrogens (tertiary/aromatic N) is 5. The molecule has 1 aliphatic rings. The Morgan fingerprint density at radius 1 is 1.21 bits per heavy atom. The van der Waals surface area contributed by atoms with Crippen LogP contribution in [0.2, 0.25) is 0 Å². The molecule has 3 rings (SSSR count). The highest BCUT2D eigenvalue weighted by atomic mass is 16.5. The van der Waals surface area contributed by atoms with Crippen molar-refractivity contribution in [3.63, 3.8) is 0 Å². The summed E-state index contributed by atoms with van der Waals surface area (Å²) in [6, 6.07) is 3.28. The van der Waals surface area contributed by atoms with Crippen molar-refractivity contribution in [2.45, 2.75) is 13.8 Å². The topological polar surface area (TPSA) is 104 Å². The summed E-state index contributed by atoms with van der Waals surface area (Å²) in [4.78, 5) is 35.6. The molecule has 0 unspecified atom stereocenters. The van der Waals surface area contributed by atoms with Crippen molar-refractivity contribution in [2.75, 3.05) is 31.5 Å². The fourth-order valence-electron chi connectivity index (χ4n) is 2.46. The number of anilines is 2. The number of carbonyl (C=O) groups is 2. The first-order valence-electron chi connectivity index (χ1n) is 7.61. The van der Waals surface area contributed by atoms with Crippen molar-refractivity contribution < 1.29 is 14.1 Å². The van der Waals surface area contributed by atoms with E-state index in [4.69, 9.17) is 4.52 Å². The smallest absolute Gasteiger partial charge is 0.272 e. The Kier molecular flexibility index (Phi) is 4.41. The second-order valence-electron chi connectivity index (χ2n) is 5.51. The van der Waals surface area contributed by atoms with E-state index < -0.39 is 0 Å². The van der Waals surface area contributed by atoms with Crippen LogP contribution in [0.5, 0.6) is 0 Å². The van der Waals surface area contributed by atoms with E-state index >= 15 is 0 Å². The van der Waals surface area contributed by atoms with Crippen LogP contribution in [0, 0.1) is 6.92 Å². The Bertz CT molecular complexity index is 751. The third-order valence-corrected chi connectivity index (χ3v) is 3.75. The molecule has 1 N–H and O–H groups in total. The minimum atomic E-state index is -0.181. The molecule has 0 radical (unpaired) electrons. The number of aromatic nitrogens is 3. The number of carbonyl (C=O) groups excluding carboxylic acids is 2. The van der Waals surface area contributed by atoms with E-state index in [1.165, 1.54) is 13.1 Å². The number of nitrogens with one attached hydrogen (secondary N) is 1. The van der Waals surface area contributed by atoms with Crippen LogP contribution >= 0.6 is 0 Å². The van der Waals surface area contributed by atoms with Gasteiger partial charge in [0.25, 0.3) is 5.91 Å². The van der Waals surface area contributed by atoms with Crippen LogP contribution in [-0.4, -0.2) is 62.9 Å². The van der Waals surface area contributed by atoms with Gasteiger partial charge in [-0.05, 0) is 13.0 Å². The van der Waals surface area contributed by atoms with Gasteiger partial charge < -0.3 is 19.6 Å². The number of aryl methyl sites for hydroxylation is 1. The van der Waals surface area contributed by atoms with Gasteiger partial charge in [-0.15, -0.1) is 0 Å². The van der Waals surface area contributed by atoms with E-state index in [0.717, 1.165) is 0 Å². The third-order valence-electron chi connectivity index (χ3n) is 3.75. The lowest BCUT2D eigenvalue weighted by Crippen LogP contribution is -2.50. The number of rotatable bonds is 3. The predicted molar refractivity (Wildman–Crippen MR) is 84.7 cm³/mol. The quantitative estimate of drug-likeness (QED) is 0.888. The maximum absolute atomic E-state index is 12.6. The summed E-state index contributed by atoms with van der Waals surface area (Å²) in [5, 5.41) is 6.70. The lowest BCUT2D eigenvalue weighted by Gasteiger charge is -2.34. The average molecular weight is 330 g/mol. The second kappa shape index (κ2) is 6.65. The van der Waals surface area contributed by atoms with Crippen molar-refractivity contribution in [2.24, 2.45) is 0 Å². The molecule has 2 aromatic heterocycles. The zero-order chi connectivity index (χ0) is 17.1. The van der Waals surface area contributed by atoms with Crippen molar-refractivity contribution in [3.8, 4) is 0 Å². The van der Waals surface area contributed by atoms with Crippen molar-refractivity contribution in [1.29, 1.82) is 0 Å². The van der Waals surface area contributed by atoms with Gasteiger partial charge in [0.2, 0.25) is 11.9 Å². The standard InChI is InChI=1S/C15H18N6O3/c1-10-9-13(19-24-10)18-15-16-4-3-12(17-15)14(23)21-7-5-20(6-8-21)11(2)22/h3-4,9H,5-8H2,1-2H3,(H,16,17,18,19). The Labute approximate surface area is 138 Å². The average Bonchev–Trinajstić information content (AvgIpc) is 2.99. The molecule has 0 aliphatic carbocycles. The Morgan fingerprint density at radius 3 is 2.54 bits per heavy atom. The van der Waals surface area contributed by atoms with Gasteiger partial charge in [0, 0.05) is 45.4 Å². The van der Waals surface area contributed by atoms with E-state index in [1.54, 1.807) is 28.9 Å². The molecule has 1 fully saturated rings. The summed E-state index contributed by atoms with van der Waals surface area (Å²) < 4.78 is 4.96. The number of hydrogen-bond acceptors (Lipinski definition) is 7. The predicted octanol–water partition coefficient (Wildman–Crippen LogP) is 0.821. The van der Waals surface area contributed by atoms with Crippen LogP contribution in [0.25, 0.3) is 0 Å². The molecule has 2 amide bonds. The van der Waals surface area contributed by atoms with Gasteiger partial charge in [-0.3, -0.25) is 9.59 Å². The SMILES string of the molecule is CC(=O)N1CCN(C(=O)c2ccnc(Nc3cc(C)on3)n2)CC1. The summed E-state index contributed by atoms with van der Waals surface area (Å²) in [5.41, 5.74) is 0.295. The molecule has 0 aromatic carbocycles. The van der Waals surface area contributed by atoms with Crippen LogP contribution in [0.15, 0.2) is 22.9 Å². The molecule has 3 heterocycles. The maximum Gasteiger partial charge on any atom is 0.272 e. The van der Waals surface area contributed by atoms with Crippen LogP contribution in [0.1, 0.15) is 23.2 Å². The van der Waals surface area contributed by atoms with Crippen molar-refractivity contribution in [3.05, 3.63) is 29.8 Å². The third kappa shape index (κ3) is 3.50. The molecule has 9 heteroatoms. The van der Waals surface area contributed by atoms with Crippen LogP contribution < -0.4 is 5.32 Å². The molecule has 0 saturated carbocycles. The van der Waals surface area contributed by atoms with E-state index in [1.807, 2.05) is 0 Å². The molecule has 24 heavy (non-hydrogen) atoms. The zero-order valence-corrected chi connectivity index (χ0v) is 13.5. The van der Waals surface area contributed by atoms with Crippen molar-refractivity contribution >= 4 is 23.6 Å².